The van der Waals surface area contributed by atoms with Crippen LogP contribution in [0.4, 0.5) is 32.0 Å². The van der Waals surface area contributed by atoms with Crippen LogP contribution in [0.1, 0.15) is 41.6 Å². The summed E-state index contributed by atoms with van der Waals surface area (Å²) < 4.78 is 95.1. The number of hydrogen-bond acceptors (Lipinski definition) is 6. The first kappa shape index (κ1) is 36.0. The minimum atomic E-state index is -5.17. The molecule has 3 aliphatic rings. The molecule has 1 N–H and O–H groups in total. The van der Waals surface area contributed by atoms with E-state index in [1.165, 1.54) is 0 Å². The van der Waals surface area contributed by atoms with Crippen LogP contribution in [-0.2, 0) is 26.7 Å². The van der Waals surface area contributed by atoms with Gasteiger partial charge in [0.1, 0.15) is 18.1 Å². The molecule has 4 aromatic rings. The van der Waals surface area contributed by atoms with Crippen LogP contribution in [0.15, 0.2) is 108 Å². The quantitative estimate of drug-likeness (QED) is 0.105. The number of benzene rings is 3. The number of hydrogen-bond donors (Lipinski definition) is 1. The molecule has 7 rings (SSSR count). The minimum Gasteiger partial charge on any atom is -0.507 e. The zero-order valence-corrected chi connectivity index (χ0v) is 27.9. The molecule has 0 unspecified atom stereocenters. The molecule has 2 saturated heterocycles. The molecule has 0 radical (unpaired) electrons. The highest BCUT2D eigenvalue weighted by Gasteiger charge is 2.58. The number of pyridine rings is 1. The standard InChI is InChI=1S/C40H32F6N2O5/c41-39(42,43)26-18-27(40(44,45)46)20-28(19-26)48-37(50)30-17-25(21-52-29-9-2-1-3-10-29)35-31(36(30)38(48)51)22-53-34(35)14-13-23(32-11-6-7-15-47-32)16-24-8-4-5-12-33(24)49/h1-12,15-16,18-20,30-31,34,36,49H,13-14,17,21-22H2/b23-16-/t30-,31+,34-,36-/m1/s1. The van der Waals surface area contributed by atoms with E-state index in [-0.39, 0.29) is 31.5 Å². The van der Waals surface area contributed by atoms with Crippen molar-refractivity contribution in [2.24, 2.45) is 17.8 Å². The number of allylic oxidation sites excluding steroid dienone is 1. The van der Waals surface area contributed by atoms with Gasteiger partial charge in [0.25, 0.3) is 0 Å². The minimum absolute atomic E-state index is 0.00135. The van der Waals surface area contributed by atoms with Gasteiger partial charge in [-0.15, -0.1) is 0 Å². The van der Waals surface area contributed by atoms with Crippen LogP contribution >= 0.6 is 0 Å². The summed E-state index contributed by atoms with van der Waals surface area (Å²) in [5.74, 6) is -3.94. The lowest BCUT2D eigenvalue weighted by molar-refractivity contribution is -0.143. The lowest BCUT2D eigenvalue weighted by Crippen LogP contribution is -2.35. The molecule has 13 heteroatoms. The summed E-state index contributed by atoms with van der Waals surface area (Å²) in [6, 6.07) is 21.9. The molecule has 3 heterocycles. The van der Waals surface area contributed by atoms with Gasteiger partial charge in [-0.1, -0.05) is 42.5 Å². The number of para-hydroxylation sites is 2. The first-order valence-electron chi connectivity index (χ1n) is 16.9. The van der Waals surface area contributed by atoms with Crippen LogP contribution in [0.2, 0.25) is 0 Å². The van der Waals surface area contributed by atoms with Crippen LogP contribution in [0.5, 0.6) is 11.5 Å². The van der Waals surface area contributed by atoms with Gasteiger partial charge in [0.15, 0.2) is 0 Å². The van der Waals surface area contributed by atoms with Crippen molar-refractivity contribution in [1.29, 1.82) is 0 Å². The Kier molecular flexibility index (Phi) is 9.62. The van der Waals surface area contributed by atoms with Gasteiger partial charge in [-0.05, 0) is 90.6 Å². The summed E-state index contributed by atoms with van der Waals surface area (Å²) >= 11 is 0. The smallest absolute Gasteiger partial charge is 0.416 e. The van der Waals surface area contributed by atoms with E-state index in [9.17, 15) is 41.0 Å². The Bertz CT molecular complexity index is 2050. The summed E-state index contributed by atoms with van der Waals surface area (Å²) in [7, 11) is 0. The Balaban J connectivity index is 1.23. The number of ether oxygens (including phenoxy) is 2. The van der Waals surface area contributed by atoms with Crippen LogP contribution < -0.4 is 9.64 Å². The van der Waals surface area contributed by atoms with Gasteiger partial charge in [0.2, 0.25) is 11.8 Å². The molecule has 53 heavy (non-hydrogen) atoms. The molecular weight excluding hydrogens is 702 g/mol. The van der Waals surface area contributed by atoms with Gasteiger partial charge >= 0.3 is 12.4 Å². The summed E-state index contributed by atoms with van der Waals surface area (Å²) in [6.07, 6.45) is -6.62. The molecule has 1 aromatic heterocycles. The normalized spacial score (nSPS) is 21.9. The number of imide groups is 1. The number of phenols is 1. The van der Waals surface area contributed by atoms with Crippen molar-refractivity contribution in [2.75, 3.05) is 18.1 Å². The number of fused-ring (bicyclic) bond motifs is 3. The van der Waals surface area contributed by atoms with Gasteiger partial charge in [0.05, 0.1) is 47.1 Å². The summed E-state index contributed by atoms with van der Waals surface area (Å²) in [6.45, 7) is 0.0182. The molecule has 2 fully saturated rings. The molecule has 4 atom stereocenters. The number of aromatic hydroxyl groups is 1. The number of carbonyl (C=O) groups is 2. The topological polar surface area (TPSA) is 89.0 Å². The van der Waals surface area contributed by atoms with Crippen molar-refractivity contribution >= 4 is 29.2 Å². The van der Waals surface area contributed by atoms with E-state index in [0.717, 1.165) is 11.1 Å². The second-order valence-electron chi connectivity index (χ2n) is 13.2. The van der Waals surface area contributed by atoms with Crippen molar-refractivity contribution in [3.8, 4) is 11.5 Å². The van der Waals surface area contributed by atoms with E-state index < -0.39 is 64.8 Å². The molecule has 7 nitrogen and oxygen atoms in total. The highest BCUT2D eigenvalue weighted by Crippen LogP contribution is 2.51. The fraction of sp³-hybridized carbons (Fsp3) is 0.275. The fourth-order valence-corrected chi connectivity index (χ4v) is 7.53. The van der Waals surface area contributed by atoms with Gasteiger partial charge in [0, 0.05) is 17.7 Å². The van der Waals surface area contributed by atoms with Crippen molar-refractivity contribution in [3.05, 3.63) is 131 Å². The van der Waals surface area contributed by atoms with Crippen LogP contribution in [0.3, 0.4) is 0 Å². The number of carbonyl (C=O) groups excluding carboxylic acids is 2. The molecule has 0 spiro atoms. The average Bonchev–Trinajstić information content (AvgIpc) is 3.67. The number of anilines is 1. The maximum atomic E-state index is 14.1. The van der Waals surface area contributed by atoms with Crippen molar-refractivity contribution in [3.63, 3.8) is 0 Å². The zero-order valence-electron chi connectivity index (χ0n) is 27.9. The van der Waals surface area contributed by atoms with Gasteiger partial charge in [-0.3, -0.25) is 14.6 Å². The zero-order chi connectivity index (χ0) is 37.5. The first-order valence-corrected chi connectivity index (χ1v) is 16.9. The number of alkyl halides is 6. The number of aromatic nitrogens is 1. The van der Waals surface area contributed by atoms with E-state index in [1.807, 2.05) is 24.3 Å². The lowest BCUT2D eigenvalue weighted by Gasteiger charge is -2.31. The van der Waals surface area contributed by atoms with Gasteiger partial charge in [-0.2, -0.15) is 26.3 Å². The van der Waals surface area contributed by atoms with E-state index in [0.29, 0.717) is 52.5 Å². The third-order valence-corrected chi connectivity index (χ3v) is 9.93. The highest BCUT2D eigenvalue weighted by molar-refractivity contribution is 6.22. The Morgan fingerprint density at radius 1 is 0.868 bits per heavy atom. The number of phenolic OH excluding ortho intramolecular Hbond substituents is 1. The molecule has 1 aliphatic carbocycles. The van der Waals surface area contributed by atoms with E-state index in [1.54, 1.807) is 60.8 Å². The number of amides is 2. The maximum Gasteiger partial charge on any atom is 0.416 e. The predicted molar refractivity (Wildman–Crippen MR) is 182 cm³/mol. The largest absolute Gasteiger partial charge is 0.507 e. The Morgan fingerprint density at radius 3 is 2.21 bits per heavy atom. The fourth-order valence-electron chi connectivity index (χ4n) is 7.53. The van der Waals surface area contributed by atoms with Crippen LogP contribution in [0.25, 0.3) is 11.6 Å². The predicted octanol–water partition coefficient (Wildman–Crippen LogP) is 8.75. The van der Waals surface area contributed by atoms with Crippen molar-refractivity contribution < 1.29 is 50.5 Å². The van der Waals surface area contributed by atoms with Gasteiger partial charge in [-0.25, -0.2) is 4.90 Å². The van der Waals surface area contributed by atoms with Gasteiger partial charge < -0.3 is 14.6 Å². The highest BCUT2D eigenvalue weighted by atomic mass is 19.4. The summed E-state index contributed by atoms with van der Waals surface area (Å²) in [5, 5.41) is 10.5. The first-order chi connectivity index (χ1) is 25.3. The molecule has 3 aromatic carbocycles. The summed E-state index contributed by atoms with van der Waals surface area (Å²) in [5.41, 5.74) is -0.598. The molecular formula is C40H32F6N2O5. The van der Waals surface area contributed by atoms with E-state index in [4.69, 9.17) is 9.47 Å². The number of halogens is 6. The number of rotatable bonds is 9. The van der Waals surface area contributed by atoms with Crippen molar-refractivity contribution in [2.45, 2.75) is 37.7 Å². The second kappa shape index (κ2) is 14.2. The monoisotopic (exact) mass is 734 g/mol. The molecule has 0 bridgehead atoms. The molecule has 2 amide bonds. The maximum absolute atomic E-state index is 14.1. The van der Waals surface area contributed by atoms with E-state index in [2.05, 4.69) is 4.98 Å². The van der Waals surface area contributed by atoms with Crippen molar-refractivity contribution in [1.82, 2.24) is 4.98 Å². The second-order valence-corrected chi connectivity index (χ2v) is 13.2. The Hall–Kier alpha value is -5.43. The van der Waals surface area contributed by atoms with Crippen LogP contribution in [0, 0.1) is 17.8 Å². The Labute approximate surface area is 300 Å². The molecule has 0 saturated carbocycles. The number of nitrogens with zero attached hydrogens (tertiary/aromatic N) is 2. The average molecular weight is 735 g/mol. The summed E-state index contributed by atoms with van der Waals surface area (Å²) in [4.78, 5) is 33.0. The molecule has 274 valence electrons. The third-order valence-electron chi connectivity index (χ3n) is 9.93. The Morgan fingerprint density at radius 2 is 1.55 bits per heavy atom. The third kappa shape index (κ3) is 7.30. The van der Waals surface area contributed by atoms with E-state index >= 15 is 0 Å². The van der Waals surface area contributed by atoms with Crippen LogP contribution in [-0.4, -0.2) is 41.2 Å². The SMILES string of the molecule is O=C1[C@@H]2[C@@H](CC(COc3ccccc3)=C3[C@@H](CC/C(=C/c4ccccc4O)c4ccccn4)OC[C@@H]32)C(=O)N1c1cc(C(F)(F)F)cc(C(F)(F)F)c1. The lowest BCUT2D eigenvalue weighted by atomic mass is 9.69. The molecule has 2 aliphatic heterocycles.